The molecule has 0 spiro atoms. The number of hydrogen-bond donors (Lipinski definition) is 1. The topological polar surface area (TPSA) is 72.1 Å². The molecule has 0 aromatic carbocycles. The van der Waals surface area contributed by atoms with Gasteiger partial charge in [-0.15, -0.1) is 0 Å². The van der Waals surface area contributed by atoms with E-state index < -0.39 is 0 Å². The van der Waals surface area contributed by atoms with Crippen molar-refractivity contribution in [3.05, 3.63) is 11.8 Å². The van der Waals surface area contributed by atoms with Gasteiger partial charge in [0.15, 0.2) is 5.16 Å². The standard InChI is InChI=1S/C16H26N4OS/c1-11-9-13(17)19-15(18-11)22-10-12-5-7-20(8-6-12)14(21)16(2,3)4/h9,12H,5-8,10H2,1-4H3,(H2,17,18,19). The van der Waals surface area contributed by atoms with Crippen molar-refractivity contribution >= 4 is 23.5 Å². The highest BCUT2D eigenvalue weighted by molar-refractivity contribution is 7.99. The van der Waals surface area contributed by atoms with Crippen LogP contribution in [0.3, 0.4) is 0 Å². The first-order valence-electron chi connectivity index (χ1n) is 7.79. The Morgan fingerprint density at radius 1 is 1.36 bits per heavy atom. The number of hydrogen-bond acceptors (Lipinski definition) is 5. The molecule has 1 aliphatic heterocycles. The van der Waals surface area contributed by atoms with Crippen LogP contribution >= 0.6 is 11.8 Å². The predicted octanol–water partition coefficient (Wildman–Crippen LogP) is 2.74. The molecule has 122 valence electrons. The van der Waals surface area contributed by atoms with Gasteiger partial charge >= 0.3 is 0 Å². The SMILES string of the molecule is Cc1cc(N)nc(SCC2CCN(C(=O)C(C)(C)C)CC2)n1. The van der Waals surface area contributed by atoms with E-state index >= 15 is 0 Å². The molecule has 2 heterocycles. The van der Waals surface area contributed by atoms with Crippen LogP contribution in [0.2, 0.25) is 0 Å². The molecule has 2 N–H and O–H groups in total. The maximum absolute atomic E-state index is 12.3. The van der Waals surface area contributed by atoms with Gasteiger partial charge in [-0.3, -0.25) is 4.79 Å². The van der Waals surface area contributed by atoms with Gasteiger partial charge < -0.3 is 10.6 Å². The average molecular weight is 322 g/mol. The summed E-state index contributed by atoms with van der Waals surface area (Å²) in [6.45, 7) is 9.60. The molecule has 2 rings (SSSR count). The molecule has 6 heteroatoms. The molecule has 0 aliphatic carbocycles. The van der Waals surface area contributed by atoms with Crippen molar-refractivity contribution in [3.8, 4) is 0 Å². The third kappa shape index (κ3) is 4.60. The van der Waals surface area contributed by atoms with Crippen molar-refractivity contribution in [1.82, 2.24) is 14.9 Å². The minimum Gasteiger partial charge on any atom is -0.384 e. The van der Waals surface area contributed by atoms with Crippen LogP contribution in [0.15, 0.2) is 11.2 Å². The maximum Gasteiger partial charge on any atom is 0.227 e. The summed E-state index contributed by atoms with van der Waals surface area (Å²) in [5.74, 6) is 2.38. The molecule has 1 aromatic heterocycles. The number of carbonyl (C=O) groups is 1. The molecule has 1 amide bonds. The van der Waals surface area contributed by atoms with Gasteiger partial charge in [0.1, 0.15) is 5.82 Å². The van der Waals surface area contributed by atoms with Crippen molar-refractivity contribution in [2.24, 2.45) is 11.3 Å². The Hall–Kier alpha value is -1.30. The first-order chi connectivity index (χ1) is 10.3. The predicted molar refractivity (Wildman–Crippen MR) is 90.7 cm³/mol. The van der Waals surface area contributed by atoms with E-state index in [2.05, 4.69) is 9.97 Å². The smallest absolute Gasteiger partial charge is 0.227 e. The average Bonchev–Trinajstić information content (AvgIpc) is 2.43. The van der Waals surface area contributed by atoms with Crippen LogP contribution in [0.4, 0.5) is 5.82 Å². The lowest BCUT2D eigenvalue weighted by Gasteiger charge is -2.35. The molecule has 0 bridgehead atoms. The van der Waals surface area contributed by atoms with Crippen molar-refractivity contribution in [2.75, 3.05) is 24.6 Å². The number of amides is 1. The van der Waals surface area contributed by atoms with Crippen LogP contribution in [-0.2, 0) is 4.79 Å². The quantitative estimate of drug-likeness (QED) is 0.684. The molecule has 1 aliphatic rings. The van der Waals surface area contributed by atoms with Gasteiger partial charge in [0.2, 0.25) is 5.91 Å². The second kappa shape index (κ2) is 6.86. The van der Waals surface area contributed by atoms with E-state index in [9.17, 15) is 4.79 Å². The summed E-state index contributed by atoms with van der Waals surface area (Å²) in [5, 5.41) is 0.755. The molecule has 0 atom stereocenters. The minimum atomic E-state index is -0.283. The Morgan fingerprint density at radius 3 is 2.55 bits per heavy atom. The second-order valence-corrected chi connectivity index (χ2v) is 8.00. The molecule has 1 saturated heterocycles. The number of carbonyl (C=O) groups excluding carboxylic acids is 1. The number of anilines is 1. The van der Waals surface area contributed by atoms with Gasteiger partial charge in [-0.05, 0) is 25.7 Å². The first-order valence-corrected chi connectivity index (χ1v) is 8.77. The van der Waals surface area contributed by atoms with Crippen LogP contribution in [0.5, 0.6) is 0 Å². The number of nitrogens with zero attached hydrogens (tertiary/aromatic N) is 3. The fourth-order valence-electron chi connectivity index (χ4n) is 2.60. The Balaban J connectivity index is 1.81. The molecule has 22 heavy (non-hydrogen) atoms. The van der Waals surface area contributed by atoms with E-state index in [4.69, 9.17) is 5.73 Å². The summed E-state index contributed by atoms with van der Waals surface area (Å²) in [7, 11) is 0. The number of aryl methyl sites for hydroxylation is 1. The van der Waals surface area contributed by atoms with Crippen molar-refractivity contribution in [1.29, 1.82) is 0 Å². The monoisotopic (exact) mass is 322 g/mol. The lowest BCUT2D eigenvalue weighted by molar-refractivity contribution is -0.140. The molecule has 0 radical (unpaired) electrons. The molecule has 1 aromatic rings. The largest absolute Gasteiger partial charge is 0.384 e. The summed E-state index contributed by atoms with van der Waals surface area (Å²) in [6, 6.07) is 1.78. The highest BCUT2D eigenvalue weighted by Gasteiger charge is 2.30. The second-order valence-electron chi connectivity index (χ2n) is 7.01. The number of nitrogen functional groups attached to an aromatic ring is 1. The number of rotatable bonds is 3. The molecule has 5 nitrogen and oxygen atoms in total. The van der Waals surface area contributed by atoms with Crippen LogP contribution in [0.1, 0.15) is 39.3 Å². The third-order valence-electron chi connectivity index (χ3n) is 3.84. The zero-order valence-electron chi connectivity index (χ0n) is 13.9. The Kier molecular flexibility index (Phi) is 5.32. The van der Waals surface area contributed by atoms with E-state index in [0.29, 0.717) is 11.7 Å². The molecular formula is C16H26N4OS. The van der Waals surface area contributed by atoms with Gasteiger partial charge in [0.05, 0.1) is 0 Å². The Labute approximate surface area is 137 Å². The third-order valence-corrected chi connectivity index (χ3v) is 4.92. The lowest BCUT2D eigenvalue weighted by atomic mass is 9.92. The van der Waals surface area contributed by atoms with Crippen LogP contribution in [0.25, 0.3) is 0 Å². The van der Waals surface area contributed by atoms with Gasteiger partial charge in [-0.2, -0.15) is 0 Å². The number of aromatic nitrogens is 2. The number of thioether (sulfide) groups is 1. The van der Waals surface area contributed by atoms with Crippen molar-refractivity contribution < 1.29 is 4.79 Å². The van der Waals surface area contributed by atoms with E-state index in [0.717, 1.165) is 42.5 Å². The highest BCUT2D eigenvalue weighted by atomic mass is 32.2. The summed E-state index contributed by atoms with van der Waals surface area (Å²) < 4.78 is 0. The molecule has 0 saturated carbocycles. The fraction of sp³-hybridized carbons (Fsp3) is 0.688. The van der Waals surface area contributed by atoms with Gasteiger partial charge in [0, 0.05) is 36.0 Å². The van der Waals surface area contributed by atoms with Crippen LogP contribution in [0, 0.1) is 18.3 Å². The summed E-state index contributed by atoms with van der Waals surface area (Å²) in [4.78, 5) is 22.9. The fourth-order valence-corrected chi connectivity index (χ4v) is 3.70. The number of nitrogens with two attached hydrogens (primary N) is 1. The van der Waals surface area contributed by atoms with E-state index in [-0.39, 0.29) is 11.3 Å². The number of likely N-dealkylation sites (tertiary alicyclic amines) is 1. The highest BCUT2D eigenvalue weighted by Crippen LogP contribution is 2.27. The zero-order chi connectivity index (χ0) is 16.3. The minimum absolute atomic E-state index is 0.258. The van der Waals surface area contributed by atoms with Gasteiger partial charge in [-0.1, -0.05) is 32.5 Å². The Bertz CT molecular complexity index is 513. The zero-order valence-corrected chi connectivity index (χ0v) is 14.7. The van der Waals surface area contributed by atoms with Crippen molar-refractivity contribution in [2.45, 2.75) is 45.7 Å². The summed E-state index contributed by atoms with van der Waals surface area (Å²) in [6.07, 6.45) is 2.10. The molecule has 1 fully saturated rings. The normalized spacial score (nSPS) is 16.8. The van der Waals surface area contributed by atoms with Gasteiger partial charge in [0.25, 0.3) is 0 Å². The van der Waals surface area contributed by atoms with Crippen molar-refractivity contribution in [3.63, 3.8) is 0 Å². The summed E-state index contributed by atoms with van der Waals surface area (Å²) in [5.41, 5.74) is 6.37. The van der Waals surface area contributed by atoms with E-state index in [1.54, 1.807) is 17.8 Å². The van der Waals surface area contributed by atoms with E-state index in [1.165, 1.54) is 0 Å². The molecular weight excluding hydrogens is 296 g/mol. The maximum atomic E-state index is 12.3. The lowest BCUT2D eigenvalue weighted by Crippen LogP contribution is -2.44. The van der Waals surface area contributed by atoms with Crippen LogP contribution in [-0.4, -0.2) is 39.6 Å². The summed E-state index contributed by atoms with van der Waals surface area (Å²) >= 11 is 1.66. The van der Waals surface area contributed by atoms with E-state index in [1.807, 2.05) is 32.6 Å². The molecule has 0 unspecified atom stereocenters. The number of piperidine rings is 1. The first kappa shape index (κ1) is 17.1. The Morgan fingerprint density at radius 2 is 2.00 bits per heavy atom. The van der Waals surface area contributed by atoms with Gasteiger partial charge in [-0.25, -0.2) is 9.97 Å². The van der Waals surface area contributed by atoms with Crippen LogP contribution < -0.4 is 5.73 Å².